The Kier molecular flexibility index (Phi) is 2.17. The molecule has 1 aliphatic rings. The van der Waals surface area contributed by atoms with E-state index in [9.17, 15) is 9.59 Å². The van der Waals surface area contributed by atoms with Gasteiger partial charge in [0, 0.05) is 6.20 Å². The Hall–Kier alpha value is -2.24. The zero-order valence-corrected chi connectivity index (χ0v) is 7.62. The van der Waals surface area contributed by atoms with Gasteiger partial charge in [0.05, 0.1) is 18.3 Å². The van der Waals surface area contributed by atoms with Gasteiger partial charge in [-0.1, -0.05) is 0 Å². The number of carbonyl (C=O) groups is 2. The number of carbonyl (C=O) groups excluding carboxylic acids is 1. The van der Waals surface area contributed by atoms with E-state index in [-0.39, 0.29) is 18.0 Å². The summed E-state index contributed by atoms with van der Waals surface area (Å²) >= 11 is 0. The van der Waals surface area contributed by atoms with Crippen LogP contribution in [-0.2, 0) is 9.59 Å². The highest BCUT2D eigenvalue weighted by Gasteiger charge is 2.28. The minimum Gasteiger partial charge on any atom is -0.477 e. The third-order valence-corrected chi connectivity index (χ3v) is 1.91. The fourth-order valence-electron chi connectivity index (χ4n) is 1.23. The van der Waals surface area contributed by atoms with Crippen LogP contribution in [-0.4, -0.2) is 27.7 Å². The number of nitrogens with zero attached hydrogens (tertiary/aromatic N) is 3. The number of hydrogen-bond donors (Lipinski definition) is 1. The molecular formula is C9H7N3O3. The lowest BCUT2D eigenvalue weighted by molar-refractivity contribution is -0.129. The lowest BCUT2D eigenvalue weighted by Crippen LogP contribution is -2.19. The van der Waals surface area contributed by atoms with E-state index in [2.05, 4.69) is 10.1 Å². The molecule has 0 atom stereocenters. The van der Waals surface area contributed by atoms with E-state index in [0.29, 0.717) is 5.69 Å². The molecule has 2 rings (SSSR count). The SMILES string of the molecule is O=C(O)C1=NN(c2cccnc2)C(=O)C1. The first-order chi connectivity index (χ1) is 7.18. The molecule has 0 radical (unpaired) electrons. The number of hydrazone groups is 1. The molecule has 0 unspecified atom stereocenters. The first-order valence-corrected chi connectivity index (χ1v) is 4.22. The largest absolute Gasteiger partial charge is 0.477 e. The van der Waals surface area contributed by atoms with Crippen molar-refractivity contribution in [2.24, 2.45) is 5.10 Å². The van der Waals surface area contributed by atoms with Crippen LogP contribution in [0.5, 0.6) is 0 Å². The molecular weight excluding hydrogens is 198 g/mol. The van der Waals surface area contributed by atoms with Gasteiger partial charge >= 0.3 is 5.97 Å². The minimum atomic E-state index is -1.17. The molecule has 0 saturated heterocycles. The molecule has 2 heterocycles. The standard InChI is InChI=1S/C9H7N3O3/c13-8-4-7(9(14)15)11-12(8)6-2-1-3-10-5-6/h1-3,5H,4H2,(H,14,15). The average Bonchev–Trinajstić information content (AvgIpc) is 2.62. The van der Waals surface area contributed by atoms with Gasteiger partial charge in [-0.15, -0.1) is 0 Å². The van der Waals surface area contributed by atoms with Crippen molar-refractivity contribution in [1.29, 1.82) is 0 Å². The molecule has 0 aliphatic carbocycles. The van der Waals surface area contributed by atoms with Crippen molar-refractivity contribution in [2.45, 2.75) is 6.42 Å². The maximum Gasteiger partial charge on any atom is 0.352 e. The van der Waals surface area contributed by atoms with E-state index in [1.54, 1.807) is 18.3 Å². The maximum atomic E-state index is 11.4. The Morgan fingerprint density at radius 2 is 2.33 bits per heavy atom. The van der Waals surface area contributed by atoms with Crippen LogP contribution in [0.3, 0.4) is 0 Å². The summed E-state index contributed by atoms with van der Waals surface area (Å²) in [6.45, 7) is 0. The monoisotopic (exact) mass is 205 g/mol. The molecule has 0 aromatic carbocycles. The highest BCUT2D eigenvalue weighted by Crippen LogP contribution is 2.18. The van der Waals surface area contributed by atoms with Gasteiger partial charge in [-0.25, -0.2) is 4.79 Å². The second-order valence-electron chi connectivity index (χ2n) is 2.95. The van der Waals surface area contributed by atoms with Gasteiger partial charge < -0.3 is 5.11 Å². The van der Waals surface area contributed by atoms with Crippen LogP contribution in [0.1, 0.15) is 6.42 Å². The van der Waals surface area contributed by atoms with Gasteiger partial charge in [0.25, 0.3) is 5.91 Å². The summed E-state index contributed by atoms with van der Waals surface area (Å²) in [5.74, 6) is -1.53. The number of aliphatic carboxylic acids is 1. The number of rotatable bonds is 2. The Balaban J connectivity index is 2.32. The summed E-state index contributed by atoms with van der Waals surface area (Å²) in [5.41, 5.74) is 0.322. The molecule has 1 amide bonds. The molecule has 0 fully saturated rings. The predicted molar refractivity (Wildman–Crippen MR) is 51.4 cm³/mol. The van der Waals surface area contributed by atoms with E-state index >= 15 is 0 Å². The molecule has 0 bridgehead atoms. The van der Waals surface area contributed by atoms with Gasteiger partial charge in [0.15, 0.2) is 5.71 Å². The fourth-order valence-corrected chi connectivity index (χ4v) is 1.23. The van der Waals surface area contributed by atoms with Gasteiger partial charge in [-0.05, 0) is 12.1 Å². The summed E-state index contributed by atoms with van der Waals surface area (Å²) in [5, 5.41) is 13.4. The van der Waals surface area contributed by atoms with Crippen molar-refractivity contribution < 1.29 is 14.7 Å². The van der Waals surface area contributed by atoms with E-state index in [1.807, 2.05) is 0 Å². The lowest BCUT2D eigenvalue weighted by atomic mass is 10.3. The molecule has 0 spiro atoms. The van der Waals surface area contributed by atoms with Gasteiger partial charge in [-0.2, -0.15) is 10.1 Å². The quantitative estimate of drug-likeness (QED) is 0.750. The fraction of sp³-hybridized carbons (Fsp3) is 0.111. The Morgan fingerprint density at radius 1 is 1.53 bits per heavy atom. The summed E-state index contributed by atoms with van der Waals surface area (Å²) in [7, 11) is 0. The second kappa shape index (κ2) is 3.49. The maximum absolute atomic E-state index is 11.4. The molecule has 6 heteroatoms. The predicted octanol–water partition coefficient (Wildman–Crippen LogP) is 0.259. The average molecular weight is 205 g/mol. The molecule has 1 aromatic heterocycles. The van der Waals surface area contributed by atoms with E-state index in [4.69, 9.17) is 5.11 Å². The van der Waals surface area contributed by atoms with Crippen LogP contribution < -0.4 is 5.01 Å². The number of amides is 1. The summed E-state index contributed by atoms with van der Waals surface area (Å²) in [4.78, 5) is 25.8. The van der Waals surface area contributed by atoms with Crippen molar-refractivity contribution in [3.05, 3.63) is 24.5 Å². The number of pyridine rings is 1. The number of carboxylic acids is 1. The number of anilines is 1. The third kappa shape index (κ3) is 1.69. The molecule has 0 saturated carbocycles. The number of aromatic nitrogens is 1. The van der Waals surface area contributed by atoms with Crippen molar-refractivity contribution in [3.8, 4) is 0 Å². The normalized spacial score (nSPS) is 15.3. The first-order valence-electron chi connectivity index (χ1n) is 4.22. The van der Waals surface area contributed by atoms with E-state index < -0.39 is 5.97 Å². The van der Waals surface area contributed by atoms with Crippen molar-refractivity contribution in [2.75, 3.05) is 5.01 Å². The van der Waals surface area contributed by atoms with Crippen LogP contribution in [0.15, 0.2) is 29.6 Å². The highest BCUT2D eigenvalue weighted by molar-refractivity contribution is 6.42. The Morgan fingerprint density at radius 3 is 2.87 bits per heavy atom. The van der Waals surface area contributed by atoms with Gasteiger partial charge in [0.2, 0.25) is 0 Å². The van der Waals surface area contributed by atoms with Crippen molar-refractivity contribution >= 4 is 23.3 Å². The summed E-state index contributed by atoms with van der Waals surface area (Å²) in [6, 6.07) is 3.29. The molecule has 1 aromatic rings. The number of hydrogen-bond acceptors (Lipinski definition) is 4. The van der Waals surface area contributed by atoms with Crippen LogP contribution in [0.25, 0.3) is 0 Å². The minimum absolute atomic E-state index is 0.149. The third-order valence-electron chi connectivity index (χ3n) is 1.91. The Labute approximate surface area is 84.8 Å². The van der Waals surface area contributed by atoms with Crippen LogP contribution in [0.4, 0.5) is 5.69 Å². The molecule has 76 valence electrons. The van der Waals surface area contributed by atoms with E-state index in [1.165, 1.54) is 6.20 Å². The molecule has 6 nitrogen and oxygen atoms in total. The second-order valence-corrected chi connectivity index (χ2v) is 2.95. The highest BCUT2D eigenvalue weighted by atomic mass is 16.4. The van der Waals surface area contributed by atoms with Crippen LogP contribution in [0, 0.1) is 0 Å². The molecule has 1 N–H and O–H groups in total. The molecule has 1 aliphatic heterocycles. The topological polar surface area (TPSA) is 82.9 Å². The number of carboxylic acid groups (broad SMARTS) is 1. The zero-order chi connectivity index (χ0) is 10.8. The van der Waals surface area contributed by atoms with Crippen LogP contribution in [0.2, 0.25) is 0 Å². The summed E-state index contributed by atoms with van der Waals surface area (Å²) in [6.07, 6.45) is 2.84. The zero-order valence-electron chi connectivity index (χ0n) is 7.62. The van der Waals surface area contributed by atoms with Gasteiger partial charge in [-0.3, -0.25) is 9.78 Å². The van der Waals surface area contributed by atoms with Crippen molar-refractivity contribution in [1.82, 2.24) is 4.98 Å². The summed E-state index contributed by atoms with van der Waals surface area (Å²) < 4.78 is 0. The Bertz CT molecular complexity index is 441. The molecule has 15 heavy (non-hydrogen) atoms. The van der Waals surface area contributed by atoms with Gasteiger partial charge in [0.1, 0.15) is 0 Å². The first kappa shape index (κ1) is 9.32. The smallest absolute Gasteiger partial charge is 0.352 e. The van der Waals surface area contributed by atoms with E-state index in [0.717, 1.165) is 5.01 Å². The lowest BCUT2D eigenvalue weighted by Gasteiger charge is -2.09. The van der Waals surface area contributed by atoms with Crippen molar-refractivity contribution in [3.63, 3.8) is 0 Å². The van der Waals surface area contributed by atoms with Crippen LogP contribution >= 0.6 is 0 Å².